The van der Waals surface area contributed by atoms with Gasteiger partial charge in [0.1, 0.15) is 5.75 Å². The van der Waals surface area contributed by atoms with Crippen molar-refractivity contribution in [3.63, 3.8) is 0 Å². The Hall–Kier alpha value is -1.05. The Bertz CT molecular complexity index is 599. The minimum absolute atomic E-state index is 0. The van der Waals surface area contributed by atoms with Crippen LogP contribution in [0.25, 0.3) is 0 Å². The lowest BCUT2D eigenvalue weighted by Crippen LogP contribution is -2.56. The van der Waals surface area contributed by atoms with Gasteiger partial charge in [-0.25, -0.2) is 0 Å². The third-order valence-corrected chi connectivity index (χ3v) is 5.68. The van der Waals surface area contributed by atoms with Crippen LogP contribution in [0.5, 0.6) is 5.75 Å². The lowest BCUT2D eigenvalue weighted by Gasteiger charge is -2.42. The zero-order valence-electron chi connectivity index (χ0n) is 16.8. The van der Waals surface area contributed by atoms with Crippen molar-refractivity contribution >= 4 is 30.7 Å². The van der Waals surface area contributed by atoms with Gasteiger partial charge in [0, 0.05) is 45.4 Å². The number of hydrogen-bond donors (Lipinski definition) is 1. The third kappa shape index (κ3) is 5.74. The fraction of sp³-hybridized carbons (Fsp3) is 0.650. The van der Waals surface area contributed by atoms with E-state index in [9.17, 15) is 4.79 Å². The molecule has 1 aromatic carbocycles. The molecule has 0 aliphatic carbocycles. The van der Waals surface area contributed by atoms with Crippen LogP contribution in [0.3, 0.4) is 0 Å². The van der Waals surface area contributed by atoms with E-state index in [2.05, 4.69) is 16.3 Å². The van der Waals surface area contributed by atoms with Crippen LogP contribution in [0.15, 0.2) is 24.3 Å². The number of piperazine rings is 1. The number of methoxy groups -OCH3 is 2. The smallest absolute Gasteiger partial charge is 0.231 e. The molecule has 0 saturated carbocycles. The van der Waals surface area contributed by atoms with Crippen LogP contribution >= 0.6 is 24.8 Å². The van der Waals surface area contributed by atoms with E-state index in [0.29, 0.717) is 6.61 Å². The third-order valence-electron chi connectivity index (χ3n) is 5.68. The molecule has 2 aliphatic heterocycles. The summed E-state index contributed by atoms with van der Waals surface area (Å²) < 4.78 is 10.9. The Morgan fingerprint density at radius 3 is 2.32 bits per heavy atom. The Morgan fingerprint density at radius 1 is 1.07 bits per heavy atom. The van der Waals surface area contributed by atoms with Crippen molar-refractivity contribution in [2.45, 2.75) is 19.4 Å². The predicted molar refractivity (Wildman–Crippen MR) is 116 cm³/mol. The average Bonchev–Trinajstić information content (AvgIpc) is 2.69. The van der Waals surface area contributed by atoms with Crippen LogP contribution in [0.2, 0.25) is 0 Å². The van der Waals surface area contributed by atoms with E-state index in [-0.39, 0.29) is 36.1 Å². The molecule has 2 aliphatic rings. The van der Waals surface area contributed by atoms with Gasteiger partial charge in [-0.15, -0.1) is 24.8 Å². The van der Waals surface area contributed by atoms with Crippen LogP contribution < -0.4 is 10.1 Å². The van der Waals surface area contributed by atoms with Gasteiger partial charge in [0.2, 0.25) is 5.91 Å². The summed E-state index contributed by atoms with van der Waals surface area (Å²) in [4.78, 5) is 17.7. The van der Waals surface area contributed by atoms with E-state index >= 15 is 0 Å². The second-order valence-electron chi connectivity index (χ2n) is 7.34. The number of nitrogens with one attached hydrogen (secondary N) is 1. The normalized spacial score (nSPS) is 19.3. The van der Waals surface area contributed by atoms with Gasteiger partial charge in [-0.05, 0) is 32.0 Å². The molecule has 0 aromatic heterocycles. The summed E-state index contributed by atoms with van der Waals surface area (Å²) in [7, 11) is 3.41. The number of rotatable bonds is 6. The van der Waals surface area contributed by atoms with Crippen molar-refractivity contribution in [1.29, 1.82) is 0 Å². The first-order valence-electron chi connectivity index (χ1n) is 9.52. The lowest BCUT2D eigenvalue weighted by atomic mass is 9.78. The van der Waals surface area contributed by atoms with Crippen LogP contribution in [-0.4, -0.2) is 75.8 Å². The number of halogens is 2. The molecule has 2 saturated heterocycles. The van der Waals surface area contributed by atoms with Gasteiger partial charge >= 0.3 is 0 Å². The highest BCUT2D eigenvalue weighted by molar-refractivity contribution is 5.85. The van der Waals surface area contributed by atoms with E-state index in [1.807, 2.05) is 23.1 Å². The summed E-state index contributed by atoms with van der Waals surface area (Å²) in [6.45, 7) is 6.52. The molecular formula is C20H33Cl2N3O3. The molecule has 1 amide bonds. The molecule has 0 bridgehead atoms. The first-order chi connectivity index (χ1) is 12.7. The molecule has 8 heteroatoms. The zero-order valence-corrected chi connectivity index (χ0v) is 18.4. The number of benzene rings is 1. The first-order valence-corrected chi connectivity index (χ1v) is 9.52. The van der Waals surface area contributed by atoms with Crippen molar-refractivity contribution in [2.24, 2.45) is 5.41 Å². The number of piperidine rings is 1. The quantitative estimate of drug-likeness (QED) is 0.744. The van der Waals surface area contributed by atoms with E-state index < -0.39 is 0 Å². The molecule has 3 rings (SSSR count). The van der Waals surface area contributed by atoms with Crippen molar-refractivity contribution in [2.75, 3.05) is 60.1 Å². The number of para-hydroxylation sites is 1. The maximum absolute atomic E-state index is 13.2. The van der Waals surface area contributed by atoms with Gasteiger partial charge in [0.05, 0.1) is 19.1 Å². The molecule has 0 spiro atoms. The summed E-state index contributed by atoms with van der Waals surface area (Å²) in [5.74, 6) is 1.21. The van der Waals surface area contributed by atoms with Crippen LogP contribution in [-0.2, 0) is 16.1 Å². The van der Waals surface area contributed by atoms with E-state index in [4.69, 9.17) is 9.47 Å². The van der Waals surface area contributed by atoms with Crippen molar-refractivity contribution in [3.05, 3.63) is 29.8 Å². The number of carbonyl (C=O) groups excluding carboxylic acids is 1. The summed E-state index contributed by atoms with van der Waals surface area (Å²) in [6.07, 6.45) is 1.72. The maximum Gasteiger partial charge on any atom is 0.231 e. The van der Waals surface area contributed by atoms with Gasteiger partial charge in [0.15, 0.2) is 0 Å². The lowest BCUT2D eigenvalue weighted by molar-refractivity contribution is -0.149. The number of amides is 1. The van der Waals surface area contributed by atoms with Gasteiger partial charge in [-0.3, -0.25) is 9.69 Å². The fourth-order valence-electron chi connectivity index (χ4n) is 4.12. The molecule has 1 N–H and O–H groups in total. The largest absolute Gasteiger partial charge is 0.496 e. The molecule has 0 radical (unpaired) electrons. The molecule has 0 atom stereocenters. The van der Waals surface area contributed by atoms with E-state index in [1.165, 1.54) is 5.56 Å². The Morgan fingerprint density at radius 2 is 1.71 bits per heavy atom. The Kier molecular flexibility index (Phi) is 10.6. The predicted octanol–water partition coefficient (Wildman–Crippen LogP) is 2.20. The molecule has 1 aromatic rings. The number of carbonyl (C=O) groups is 1. The minimum Gasteiger partial charge on any atom is -0.496 e. The van der Waals surface area contributed by atoms with Gasteiger partial charge in [0.25, 0.3) is 0 Å². The monoisotopic (exact) mass is 433 g/mol. The van der Waals surface area contributed by atoms with Crippen LogP contribution in [0.4, 0.5) is 0 Å². The molecule has 28 heavy (non-hydrogen) atoms. The highest BCUT2D eigenvalue weighted by Crippen LogP contribution is 2.32. The minimum atomic E-state index is -0.342. The Balaban J connectivity index is 0.00000196. The van der Waals surface area contributed by atoms with Crippen LogP contribution in [0, 0.1) is 5.41 Å². The first kappa shape index (κ1) is 25.0. The SMILES string of the molecule is COCC1(C(=O)N2CCN(Cc3ccccc3OC)CC2)CCNCC1.Cl.Cl. The fourth-order valence-corrected chi connectivity index (χ4v) is 4.12. The highest BCUT2D eigenvalue weighted by atomic mass is 35.5. The standard InChI is InChI=1S/C20H31N3O3.2ClH/c1-25-16-20(7-9-21-10-8-20)19(24)23-13-11-22(12-14-23)15-17-5-3-4-6-18(17)26-2;;/h3-6,21H,7-16H2,1-2H3;2*1H. The van der Waals surface area contributed by atoms with Crippen molar-refractivity contribution < 1.29 is 14.3 Å². The molecule has 2 fully saturated rings. The molecule has 0 unspecified atom stereocenters. The second kappa shape index (κ2) is 11.8. The van der Waals surface area contributed by atoms with Gasteiger partial charge in [-0.2, -0.15) is 0 Å². The van der Waals surface area contributed by atoms with Gasteiger partial charge < -0.3 is 19.7 Å². The zero-order chi connectivity index (χ0) is 18.4. The van der Waals surface area contributed by atoms with E-state index in [1.54, 1.807) is 14.2 Å². The topological polar surface area (TPSA) is 54.0 Å². The van der Waals surface area contributed by atoms with Crippen molar-refractivity contribution in [1.82, 2.24) is 15.1 Å². The maximum atomic E-state index is 13.2. The molecule has 160 valence electrons. The highest BCUT2D eigenvalue weighted by Gasteiger charge is 2.42. The van der Waals surface area contributed by atoms with Crippen LogP contribution in [0.1, 0.15) is 18.4 Å². The van der Waals surface area contributed by atoms with E-state index in [0.717, 1.165) is 64.4 Å². The van der Waals surface area contributed by atoms with Crippen molar-refractivity contribution in [3.8, 4) is 5.75 Å². The Labute approximate surface area is 180 Å². The molecular weight excluding hydrogens is 401 g/mol. The second-order valence-corrected chi connectivity index (χ2v) is 7.34. The number of ether oxygens (including phenoxy) is 2. The number of nitrogens with zero attached hydrogens (tertiary/aromatic N) is 2. The molecule has 6 nitrogen and oxygen atoms in total. The number of hydrogen-bond acceptors (Lipinski definition) is 5. The summed E-state index contributed by atoms with van der Waals surface area (Å²) in [5.41, 5.74) is 0.856. The average molecular weight is 434 g/mol. The van der Waals surface area contributed by atoms with Gasteiger partial charge in [-0.1, -0.05) is 18.2 Å². The molecule has 2 heterocycles. The summed E-state index contributed by atoms with van der Waals surface area (Å²) in [6, 6.07) is 8.15. The summed E-state index contributed by atoms with van der Waals surface area (Å²) in [5, 5.41) is 3.35. The summed E-state index contributed by atoms with van der Waals surface area (Å²) >= 11 is 0.